The van der Waals surface area contributed by atoms with E-state index in [1.807, 2.05) is 29.8 Å². The lowest BCUT2D eigenvalue weighted by Crippen LogP contribution is -2.38. The maximum atomic E-state index is 13.2. The first-order valence-electron chi connectivity index (χ1n) is 10.00. The molecule has 0 spiro atoms. The number of benzene rings is 2. The van der Waals surface area contributed by atoms with Gasteiger partial charge in [0.25, 0.3) is 0 Å². The number of carbonyl (C=O) groups excluding carboxylic acids is 1. The molecule has 1 aliphatic rings. The Morgan fingerprint density at radius 3 is 2.67 bits per heavy atom. The molecule has 2 aromatic carbocycles. The lowest BCUT2D eigenvalue weighted by atomic mass is 9.85. The first-order valence-corrected chi connectivity index (χ1v) is 10.8. The number of hydrogen-bond donors (Lipinski definition) is 0. The molecule has 0 unspecified atom stereocenters. The van der Waals surface area contributed by atoms with Crippen LogP contribution in [-0.4, -0.2) is 27.2 Å². The Hall–Kier alpha value is -3.25. The predicted molar refractivity (Wildman–Crippen MR) is 122 cm³/mol. The summed E-state index contributed by atoms with van der Waals surface area (Å²) < 4.78 is 2.94. The second-order valence-electron chi connectivity index (χ2n) is 7.66. The Labute approximate surface area is 179 Å². The highest BCUT2D eigenvalue weighted by Gasteiger charge is 2.37. The van der Waals surface area contributed by atoms with Crippen LogP contribution in [0, 0.1) is 13.8 Å². The van der Waals surface area contributed by atoms with E-state index < -0.39 is 0 Å². The Kier molecular flexibility index (Phi) is 4.51. The molecule has 5 nitrogen and oxygen atoms in total. The topological polar surface area (TPSA) is 51.0 Å². The molecule has 2 aromatic heterocycles. The van der Waals surface area contributed by atoms with E-state index in [1.165, 1.54) is 5.56 Å². The highest BCUT2D eigenvalue weighted by atomic mass is 32.1. The fraction of sp³-hybridized carbons (Fsp3) is 0.208. The average Bonchev–Trinajstić information content (AvgIpc) is 3.32. The molecule has 3 heterocycles. The zero-order chi connectivity index (χ0) is 20.8. The van der Waals surface area contributed by atoms with E-state index in [9.17, 15) is 4.79 Å². The van der Waals surface area contributed by atoms with E-state index in [0.29, 0.717) is 13.0 Å². The molecule has 0 aliphatic carbocycles. The van der Waals surface area contributed by atoms with Crippen molar-refractivity contribution in [3.05, 3.63) is 83.6 Å². The number of rotatable bonds is 4. The predicted octanol–water partition coefficient (Wildman–Crippen LogP) is 5.15. The second-order valence-corrected chi connectivity index (χ2v) is 8.67. The van der Waals surface area contributed by atoms with Gasteiger partial charge in [-0.2, -0.15) is 9.78 Å². The molecular weight excluding hydrogens is 392 g/mol. The van der Waals surface area contributed by atoms with Crippen molar-refractivity contribution in [3.8, 4) is 5.13 Å². The van der Waals surface area contributed by atoms with Gasteiger partial charge in [0, 0.05) is 24.4 Å². The van der Waals surface area contributed by atoms with Crippen LogP contribution in [0.3, 0.4) is 0 Å². The molecule has 0 bridgehead atoms. The van der Waals surface area contributed by atoms with Gasteiger partial charge in [0.15, 0.2) is 0 Å². The molecule has 0 saturated heterocycles. The normalized spacial score (nSPS) is 16.1. The number of thiazole rings is 1. The number of nitrogens with zero attached hydrogens (tertiary/aromatic N) is 4. The van der Waals surface area contributed by atoms with Crippen molar-refractivity contribution in [2.45, 2.75) is 26.2 Å². The lowest BCUT2D eigenvalue weighted by molar-refractivity contribution is -0.119. The van der Waals surface area contributed by atoms with E-state index in [4.69, 9.17) is 10.1 Å². The zero-order valence-electron chi connectivity index (χ0n) is 17.0. The van der Waals surface area contributed by atoms with Crippen LogP contribution in [0.15, 0.2) is 61.2 Å². The number of aryl methyl sites for hydroxylation is 2. The van der Waals surface area contributed by atoms with Crippen LogP contribution >= 0.6 is 11.3 Å². The lowest BCUT2D eigenvalue weighted by Gasteiger charge is -2.32. The number of fused-ring (bicyclic) bond motifs is 2. The van der Waals surface area contributed by atoms with Crippen LogP contribution in [0.2, 0.25) is 0 Å². The monoisotopic (exact) mass is 414 g/mol. The maximum Gasteiger partial charge on any atom is 0.229 e. The number of hydrogen-bond acceptors (Lipinski definition) is 4. The highest BCUT2D eigenvalue weighted by Crippen LogP contribution is 2.43. The minimum Gasteiger partial charge on any atom is -0.292 e. The molecular formula is C24H22N4OS. The van der Waals surface area contributed by atoms with Gasteiger partial charge in [0.2, 0.25) is 11.0 Å². The van der Waals surface area contributed by atoms with E-state index in [-0.39, 0.29) is 11.8 Å². The van der Waals surface area contributed by atoms with Gasteiger partial charge in [-0.15, -0.1) is 6.58 Å². The third-order valence-electron chi connectivity index (χ3n) is 5.62. The van der Waals surface area contributed by atoms with Crippen LogP contribution in [0.4, 0.5) is 5.82 Å². The summed E-state index contributed by atoms with van der Waals surface area (Å²) in [4.78, 5) is 19.8. The molecule has 1 amide bonds. The van der Waals surface area contributed by atoms with E-state index in [2.05, 4.69) is 43.8 Å². The van der Waals surface area contributed by atoms with Crippen LogP contribution in [-0.2, 0) is 4.79 Å². The summed E-state index contributed by atoms with van der Waals surface area (Å²) in [5.74, 6) is 0.876. The van der Waals surface area contributed by atoms with Gasteiger partial charge in [0.1, 0.15) is 5.82 Å². The van der Waals surface area contributed by atoms with Crippen LogP contribution in [0.25, 0.3) is 15.3 Å². The van der Waals surface area contributed by atoms with Crippen LogP contribution in [0.5, 0.6) is 0 Å². The van der Waals surface area contributed by atoms with Gasteiger partial charge in [-0.3, -0.25) is 9.69 Å². The van der Waals surface area contributed by atoms with Crippen molar-refractivity contribution < 1.29 is 4.79 Å². The standard InChI is InChI=1S/C24H22N4OS/c1-4-13-27-21(29)14-18(17-11-9-15(2)10-12-17)22-16(3)26-28(23(22)27)24-25-19-7-5-6-8-20(19)30-24/h4-12,18H,1,13-14H2,2-3H3/t18-/m1/s1. The van der Waals surface area contributed by atoms with Gasteiger partial charge in [-0.05, 0) is 31.5 Å². The third-order valence-corrected chi connectivity index (χ3v) is 6.63. The summed E-state index contributed by atoms with van der Waals surface area (Å²) in [5.41, 5.74) is 5.31. The number of carbonyl (C=O) groups is 1. The third kappa shape index (κ3) is 2.95. The van der Waals surface area contributed by atoms with E-state index >= 15 is 0 Å². The van der Waals surface area contributed by atoms with Gasteiger partial charge in [-0.1, -0.05) is 59.4 Å². The molecule has 0 radical (unpaired) electrons. The van der Waals surface area contributed by atoms with Crippen molar-refractivity contribution in [2.24, 2.45) is 0 Å². The minimum atomic E-state index is -0.0164. The van der Waals surface area contributed by atoms with Gasteiger partial charge in [-0.25, -0.2) is 4.98 Å². The van der Waals surface area contributed by atoms with Crippen LogP contribution < -0.4 is 4.90 Å². The first kappa shape index (κ1) is 18.8. The molecule has 30 heavy (non-hydrogen) atoms. The molecule has 5 rings (SSSR count). The summed E-state index contributed by atoms with van der Waals surface area (Å²) in [6, 6.07) is 16.5. The summed E-state index contributed by atoms with van der Waals surface area (Å²) in [5, 5.41) is 5.62. The first-order chi connectivity index (χ1) is 14.6. The molecule has 1 atom stereocenters. The van der Waals surface area contributed by atoms with Crippen molar-refractivity contribution in [2.75, 3.05) is 11.4 Å². The smallest absolute Gasteiger partial charge is 0.229 e. The SMILES string of the molecule is C=CCN1C(=O)C[C@H](c2ccc(C)cc2)c2c(C)nn(-c3nc4ccccc4s3)c21. The van der Waals surface area contributed by atoms with Gasteiger partial charge < -0.3 is 0 Å². The zero-order valence-corrected chi connectivity index (χ0v) is 17.8. The largest absolute Gasteiger partial charge is 0.292 e. The Bertz CT molecular complexity index is 1240. The van der Waals surface area contributed by atoms with Crippen molar-refractivity contribution in [1.29, 1.82) is 0 Å². The van der Waals surface area contributed by atoms with E-state index in [1.54, 1.807) is 22.3 Å². The highest BCUT2D eigenvalue weighted by molar-refractivity contribution is 7.20. The molecule has 0 saturated carbocycles. The molecule has 0 fully saturated rings. The number of amides is 1. The molecule has 4 aromatic rings. The van der Waals surface area contributed by atoms with Crippen molar-refractivity contribution in [3.63, 3.8) is 0 Å². The summed E-state index contributed by atoms with van der Waals surface area (Å²) in [6.45, 7) is 8.40. The van der Waals surface area contributed by atoms with E-state index in [0.717, 1.165) is 38.0 Å². The molecule has 150 valence electrons. The number of aromatic nitrogens is 3. The molecule has 1 aliphatic heterocycles. The maximum absolute atomic E-state index is 13.2. The van der Waals surface area contributed by atoms with Gasteiger partial charge >= 0.3 is 0 Å². The van der Waals surface area contributed by atoms with Crippen molar-refractivity contribution >= 4 is 33.3 Å². The number of anilines is 1. The fourth-order valence-electron chi connectivity index (χ4n) is 4.18. The quantitative estimate of drug-likeness (QED) is 0.434. The Morgan fingerprint density at radius 1 is 1.17 bits per heavy atom. The second kappa shape index (κ2) is 7.22. The number of para-hydroxylation sites is 1. The van der Waals surface area contributed by atoms with Gasteiger partial charge in [0.05, 0.1) is 15.9 Å². The molecule has 0 N–H and O–H groups in total. The van der Waals surface area contributed by atoms with Crippen LogP contribution in [0.1, 0.15) is 34.7 Å². The molecule has 6 heteroatoms. The fourth-order valence-corrected chi connectivity index (χ4v) is 5.10. The van der Waals surface area contributed by atoms with Crippen molar-refractivity contribution in [1.82, 2.24) is 14.8 Å². The average molecular weight is 415 g/mol. The summed E-state index contributed by atoms with van der Waals surface area (Å²) in [6.07, 6.45) is 2.19. The summed E-state index contributed by atoms with van der Waals surface area (Å²) in [7, 11) is 0. The summed E-state index contributed by atoms with van der Waals surface area (Å²) >= 11 is 1.58. The Balaban J connectivity index is 1.73. The Morgan fingerprint density at radius 2 is 1.93 bits per heavy atom. The minimum absolute atomic E-state index is 0.0164.